The number of aliphatic hydroxyl groups is 1. The molecule has 0 amide bonds. The molecule has 0 aliphatic heterocycles. The largest absolute Gasteiger partial charge is 0.390 e. The smallest absolute Gasteiger partial charge is 0.126 e. The van der Waals surface area contributed by atoms with Gasteiger partial charge in [-0.15, -0.1) is 0 Å². The molecule has 0 bridgehead atoms. The molecule has 0 aromatic heterocycles. The maximum absolute atomic E-state index is 12.7. The number of carbonyl (C=O) groups is 1. The molecule has 2 nitrogen and oxygen atoms in total. The fraction of sp³-hybridized carbons (Fsp3) is 0.864. The average Bonchev–Trinajstić information content (AvgIpc) is 2.89. The van der Waals surface area contributed by atoms with Crippen LogP contribution in [0.25, 0.3) is 0 Å². The zero-order valence-electron chi connectivity index (χ0n) is 16.6. The quantitative estimate of drug-likeness (QED) is 0.548. The Hall–Kier alpha value is -0.630. The summed E-state index contributed by atoms with van der Waals surface area (Å²) in [6, 6.07) is 0. The number of hydrogen-bond donors (Lipinski definition) is 1. The summed E-state index contributed by atoms with van der Waals surface area (Å²) < 4.78 is 8.22. The molecule has 0 aromatic rings. The lowest BCUT2D eigenvalue weighted by molar-refractivity contribution is -0.159. The van der Waals surface area contributed by atoms with Crippen LogP contribution in [0, 0.1) is 34.5 Å². The highest BCUT2D eigenvalue weighted by Gasteiger charge is 2.61. The lowest BCUT2D eigenvalue weighted by Gasteiger charge is -2.60. The van der Waals surface area contributed by atoms with Crippen LogP contribution in [0.15, 0.2) is 11.6 Å². The van der Waals surface area contributed by atoms with Crippen molar-refractivity contribution in [2.75, 3.05) is 0 Å². The highest BCUT2D eigenvalue weighted by molar-refractivity contribution is 5.62. The molecule has 0 saturated heterocycles. The highest BCUT2D eigenvalue weighted by Crippen LogP contribution is 2.67. The van der Waals surface area contributed by atoms with Crippen LogP contribution in [0.1, 0.15) is 79.9 Å². The Morgan fingerprint density at radius 1 is 1.12 bits per heavy atom. The van der Waals surface area contributed by atoms with Crippen molar-refractivity contribution in [2.45, 2.75) is 84.2 Å². The fourth-order valence-corrected chi connectivity index (χ4v) is 7.60. The molecule has 4 aliphatic rings. The predicted octanol–water partition coefficient (Wildman–Crippen LogP) is 4.91. The minimum atomic E-state index is -0.648. The van der Waals surface area contributed by atoms with Crippen molar-refractivity contribution in [3.63, 3.8) is 0 Å². The maximum Gasteiger partial charge on any atom is 0.126 e. The first-order valence-corrected chi connectivity index (χ1v) is 10.1. The zero-order chi connectivity index (χ0) is 18.0. The van der Waals surface area contributed by atoms with Crippen LogP contribution in [-0.2, 0) is 4.79 Å². The van der Waals surface area contributed by atoms with Crippen LogP contribution in [-0.4, -0.2) is 17.0 Å². The molecule has 24 heavy (non-hydrogen) atoms. The van der Waals surface area contributed by atoms with Crippen LogP contribution in [0.5, 0.6) is 0 Å². The molecular weight excluding hydrogens is 296 g/mol. The molecule has 0 radical (unpaired) electrons. The molecule has 4 saturated carbocycles. The van der Waals surface area contributed by atoms with E-state index >= 15 is 0 Å². The van der Waals surface area contributed by atoms with E-state index in [1.165, 1.54) is 25.7 Å². The number of carbonyl (C=O) groups excluding carboxylic acids is 1. The second-order valence-electron chi connectivity index (χ2n) is 9.80. The molecule has 0 aromatic carbocycles. The van der Waals surface area contributed by atoms with E-state index in [4.69, 9.17) is 1.37 Å². The summed E-state index contributed by atoms with van der Waals surface area (Å²) in [4.78, 5) is 12.7. The summed E-state index contributed by atoms with van der Waals surface area (Å²) >= 11 is 0. The molecule has 4 fully saturated rings. The van der Waals surface area contributed by atoms with Crippen LogP contribution in [0.3, 0.4) is 0 Å². The number of aldehydes is 1. The zero-order valence-corrected chi connectivity index (χ0v) is 15.6. The van der Waals surface area contributed by atoms with Crippen molar-refractivity contribution < 1.29 is 11.3 Å². The molecule has 134 valence electrons. The minimum absolute atomic E-state index is 0.217. The van der Waals surface area contributed by atoms with E-state index in [1.54, 1.807) is 5.57 Å². The Balaban J connectivity index is 1.70. The topological polar surface area (TPSA) is 37.3 Å². The van der Waals surface area contributed by atoms with Crippen molar-refractivity contribution >= 4 is 6.26 Å². The summed E-state index contributed by atoms with van der Waals surface area (Å²) in [7, 11) is 0. The van der Waals surface area contributed by atoms with Crippen LogP contribution in [0.4, 0.5) is 0 Å². The first-order chi connectivity index (χ1) is 11.7. The third-order valence-corrected chi connectivity index (χ3v) is 8.83. The Morgan fingerprint density at radius 3 is 2.62 bits per heavy atom. The lowest BCUT2D eigenvalue weighted by atomic mass is 9.44. The molecular formula is C22H34O2. The van der Waals surface area contributed by atoms with Gasteiger partial charge in [-0.3, -0.25) is 0 Å². The molecule has 0 heterocycles. The van der Waals surface area contributed by atoms with E-state index in [0.29, 0.717) is 36.0 Å². The van der Waals surface area contributed by atoms with Gasteiger partial charge in [0.05, 0.1) is 5.60 Å². The van der Waals surface area contributed by atoms with Gasteiger partial charge in [-0.25, -0.2) is 0 Å². The summed E-state index contributed by atoms with van der Waals surface area (Å²) in [6.45, 7) is 6.57. The van der Waals surface area contributed by atoms with Crippen molar-refractivity contribution in [3.05, 3.63) is 11.6 Å². The van der Waals surface area contributed by atoms with Gasteiger partial charge in [0, 0.05) is 5.41 Å². The third kappa shape index (κ3) is 2.14. The monoisotopic (exact) mass is 331 g/mol. The SMILES string of the molecule is [2H]C(=O)[C@]12CC[C@@](C)(O)C[C@H]1CC[C@@H]1[C@@H]2CC[C@]2(C)/C(=C\C)CC[C@@H]12. The van der Waals surface area contributed by atoms with Gasteiger partial charge in [0.15, 0.2) is 0 Å². The third-order valence-electron chi connectivity index (χ3n) is 8.83. The number of rotatable bonds is 1. The molecule has 2 heteroatoms. The normalized spacial score (nSPS) is 56.2. The van der Waals surface area contributed by atoms with Gasteiger partial charge in [0.1, 0.15) is 7.63 Å². The van der Waals surface area contributed by atoms with E-state index < -0.39 is 11.0 Å². The maximum atomic E-state index is 12.7. The van der Waals surface area contributed by atoms with Gasteiger partial charge in [0.2, 0.25) is 0 Å². The summed E-state index contributed by atoms with van der Waals surface area (Å²) in [6.07, 6.45) is 11.1. The Labute approximate surface area is 148 Å². The molecule has 0 unspecified atom stereocenters. The van der Waals surface area contributed by atoms with Crippen molar-refractivity contribution in [1.82, 2.24) is 0 Å². The number of allylic oxidation sites excluding steroid dienone is 2. The molecule has 1 N–H and O–H groups in total. The van der Waals surface area contributed by atoms with Gasteiger partial charge < -0.3 is 9.90 Å². The van der Waals surface area contributed by atoms with E-state index in [0.717, 1.165) is 19.3 Å². The Kier molecular flexibility index (Phi) is 3.53. The lowest BCUT2D eigenvalue weighted by Crippen LogP contribution is -2.57. The second-order valence-corrected chi connectivity index (χ2v) is 9.80. The van der Waals surface area contributed by atoms with Crippen molar-refractivity contribution in [1.29, 1.82) is 0 Å². The van der Waals surface area contributed by atoms with Gasteiger partial charge in [-0.1, -0.05) is 18.6 Å². The van der Waals surface area contributed by atoms with Crippen LogP contribution >= 0.6 is 0 Å². The molecule has 4 rings (SSSR count). The summed E-state index contributed by atoms with van der Waals surface area (Å²) in [5.74, 6) is 1.89. The van der Waals surface area contributed by atoms with Crippen LogP contribution < -0.4 is 0 Å². The van der Waals surface area contributed by atoms with Gasteiger partial charge in [-0.2, -0.15) is 0 Å². The second kappa shape index (κ2) is 5.43. The summed E-state index contributed by atoms with van der Waals surface area (Å²) in [5.41, 5.74) is 0.849. The van der Waals surface area contributed by atoms with Crippen molar-refractivity contribution in [3.8, 4) is 0 Å². The molecule has 7 atom stereocenters. The molecule has 4 aliphatic carbocycles. The van der Waals surface area contributed by atoms with Gasteiger partial charge in [0.25, 0.3) is 0 Å². The van der Waals surface area contributed by atoms with Gasteiger partial charge in [-0.05, 0) is 101 Å². The Morgan fingerprint density at radius 2 is 1.92 bits per heavy atom. The van der Waals surface area contributed by atoms with E-state index in [1.807, 2.05) is 6.92 Å². The summed E-state index contributed by atoms with van der Waals surface area (Å²) in [5, 5.41) is 10.6. The fourth-order valence-electron chi connectivity index (χ4n) is 7.60. The number of hydrogen-bond acceptors (Lipinski definition) is 2. The number of fused-ring (bicyclic) bond motifs is 5. The first-order valence-electron chi connectivity index (χ1n) is 10.6. The average molecular weight is 332 g/mol. The predicted molar refractivity (Wildman–Crippen MR) is 96.5 cm³/mol. The van der Waals surface area contributed by atoms with Crippen molar-refractivity contribution in [2.24, 2.45) is 34.5 Å². The minimum Gasteiger partial charge on any atom is -0.390 e. The standard InChI is InChI=1S/C22H34O2/c1-4-15-6-8-18-17-7-5-16-13-20(2,24)11-12-22(16,14-23)19(17)9-10-21(15,18)3/h4,14,16-19,24H,5-13H2,1-3H3/b15-4-/t16-,17+,18+,19+,20-,21-,22-/m1/s1/i14D. The van der Waals surface area contributed by atoms with E-state index in [-0.39, 0.29) is 12.2 Å². The molecule has 0 spiro atoms. The van der Waals surface area contributed by atoms with Crippen LogP contribution in [0.2, 0.25) is 0 Å². The highest BCUT2D eigenvalue weighted by atomic mass is 16.3. The van der Waals surface area contributed by atoms with Gasteiger partial charge >= 0.3 is 0 Å². The first kappa shape index (κ1) is 15.6. The van der Waals surface area contributed by atoms with E-state index in [2.05, 4.69) is 19.9 Å². The Bertz CT molecular complexity index is 609. The van der Waals surface area contributed by atoms with E-state index in [9.17, 15) is 9.90 Å².